The summed E-state index contributed by atoms with van der Waals surface area (Å²) in [4.78, 5) is 53.4. The summed E-state index contributed by atoms with van der Waals surface area (Å²) in [5.41, 5.74) is -1.13. The molecule has 0 spiro atoms. The van der Waals surface area contributed by atoms with Crippen LogP contribution < -0.4 is 50.8 Å². The molecule has 20 heteroatoms. The summed E-state index contributed by atoms with van der Waals surface area (Å²) in [6.07, 6.45) is 0. The lowest BCUT2D eigenvalue weighted by Crippen LogP contribution is -2.26. The number of aromatic carboxylic acids is 4. The number of carboxylic acids is 4. The van der Waals surface area contributed by atoms with Crippen LogP contribution in [0.3, 0.4) is 0 Å². The summed E-state index contributed by atoms with van der Waals surface area (Å²) < 4.78 is 55.1. The number of nitrogens with zero attached hydrogens (tertiary/aromatic N) is 4. The van der Waals surface area contributed by atoms with Crippen molar-refractivity contribution in [1.82, 2.24) is 0 Å². The summed E-state index contributed by atoms with van der Waals surface area (Å²) in [6.45, 7) is 14.7. The second-order valence-electron chi connectivity index (χ2n) is 18.7. The molecule has 88 heavy (non-hydrogen) atoms. The number of nitriles is 2. The van der Waals surface area contributed by atoms with Gasteiger partial charge in [-0.3, -0.25) is 4.85 Å². The molecule has 0 saturated carbocycles. The van der Waals surface area contributed by atoms with Crippen molar-refractivity contribution >= 4 is 81.4 Å². The van der Waals surface area contributed by atoms with Gasteiger partial charge in [0.2, 0.25) is 0 Å². The minimum atomic E-state index is -3.77. The zero-order valence-electron chi connectivity index (χ0n) is 45.5. The van der Waals surface area contributed by atoms with E-state index in [4.69, 9.17) is 32.1 Å². The molecule has 0 aliphatic heterocycles. The lowest BCUT2D eigenvalue weighted by atomic mass is 10.1. The van der Waals surface area contributed by atoms with Crippen molar-refractivity contribution in [3.05, 3.63) is 287 Å². The van der Waals surface area contributed by atoms with Crippen molar-refractivity contribution in [2.24, 2.45) is 0 Å². The molecule has 0 radical (unpaired) electrons. The van der Waals surface area contributed by atoms with Crippen LogP contribution in [0.15, 0.2) is 231 Å². The molecule has 0 fully saturated rings. The van der Waals surface area contributed by atoms with Crippen LogP contribution in [0.2, 0.25) is 0 Å². The van der Waals surface area contributed by atoms with E-state index >= 15 is 9.13 Å². The van der Waals surface area contributed by atoms with Gasteiger partial charge in [0.15, 0.2) is 25.7 Å². The molecular weight excluding hydrogens is 1160 g/mol. The quantitative estimate of drug-likeness (QED) is 0.0459. The molecule has 0 aromatic heterocycles. The summed E-state index contributed by atoms with van der Waals surface area (Å²) in [6, 6.07) is 64.5. The van der Waals surface area contributed by atoms with Crippen LogP contribution in [0.5, 0.6) is 46.0 Å². The van der Waals surface area contributed by atoms with E-state index in [1.807, 2.05) is 48.5 Å². The molecule has 0 heterocycles. The van der Waals surface area contributed by atoms with Crippen molar-refractivity contribution in [1.29, 1.82) is 10.5 Å². The minimum absolute atomic E-state index is 0.00775. The highest BCUT2D eigenvalue weighted by Gasteiger charge is 2.36. The Bertz CT molecular complexity index is 4570. The number of carbonyl (C=O) groups is 4. The maximum absolute atomic E-state index is 15.4. The summed E-state index contributed by atoms with van der Waals surface area (Å²) >= 11 is 0. The molecule has 10 aromatic rings. The van der Waals surface area contributed by atoms with Gasteiger partial charge in [0.1, 0.15) is 58.1 Å². The van der Waals surface area contributed by atoms with Crippen LogP contribution in [0.1, 0.15) is 52.6 Å². The second kappa shape index (κ2) is 26.5. The van der Waals surface area contributed by atoms with Gasteiger partial charge in [-0.1, -0.05) is 127 Å². The Morgan fingerprint density at radius 3 is 1.03 bits per heavy atom. The van der Waals surface area contributed by atoms with Crippen LogP contribution >= 0.6 is 14.3 Å². The fourth-order valence-corrected chi connectivity index (χ4v) is 14.7. The predicted octanol–water partition coefficient (Wildman–Crippen LogP) is 13.5. The van der Waals surface area contributed by atoms with Crippen molar-refractivity contribution in [2.75, 3.05) is 0 Å². The smallest absolute Gasteiger partial charge is 0.336 e. The fraction of sp³-hybridized carbons (Fsp3) is 0. The van der Waals surface area contributed by atoms with E-state index in [0.717, 1.165) is 24.3 Å². The zero-order chi connectivity index (χ0) is 62.5. The van der Waals surface area contributed by atoms with Gasteiger partial charge in [-0.05, 0) is 103 Å². The average molecular weight is 1200 g/mol. The maximum atomic E-state index is 15.4. The first kappa shape index (κ1) is 60.3. The third-order valence-electron chi connectivity index (χ3n) is 13.3. The van der Waals surface area contributed by atoms with E-state index in [9.17, 15) is 50.1 Å². The monoisotopic (exact) mass is 1200 g/mol. The fourth-order valence-electron chi connectivity index (χ4n) is 9.15. The van der Waals surface area contributed by atoms with Crippen molar-refractivity contribution in [2.45, 2.75) is 0 Å². The normalized spacial score (nSPS) is 10.7. The third kappa shape index (κ3) is 12.9. The van der Waals surface area contributed by atoms with Gasteiger partial charge in [0, 0.05) is 21.2 Å². The SMILES string of the molecule is O=C(O)c1ccc(Oc2ccc(Oc3ccc(C(=O)O)c(C(=O)O)c3)c(P(=O)(c3ccccc3)c3ccccc3)c2)cc1C(=O)O.[C-]#[N+]c1ccc(Oc2ccc(Oc3ccc(C#N)c(C#N)c3)c(P(=O)(c3ccccc3)c3ccccc3)c2)cc1[N+]#[C-]. The Kier molecular flexibility index (Phi) is 18.2. The summed E-state index contributed by atoms with van der Waals surface area (Å²) in [5, 5.41) is 59.3. The van der Waals surface area contributed by atoms with Gasteiger partial charge in [0.05, 0.1) is 57.1 Å². The second-order valence-corrected chi connectivity index (χ2v) is 24.1. The van der Waals surface area contributed by atoms with E-state index in [-0.39, 0.29) is 56.6 Å². The number of hydrogen-bond acceptors (Lipinski definition) is 12. The molecule has 0 atom stereocenters. The molecule has 0 aliphatic rings. The summed E-state index contributed by atoms with van der Waals surface area (Å²) in [5.74, 6) is -4.49. The Balaban J connectivity index is 0.000000210. The topological polar surface area (TPSA) is 277 Å². The highest BCUT2D eigenvalue weighted by atomic mass is 31.2. The maximum Gasteiger partial charge on any atom is 0.336 e. The Labute approximate surface area is 502 Å². The van der Waals surface area contributed by atoms with Crippen molar-refractivity contribution in [3.8, 4) is 58.1 Å². The molecule has 0 saturated heterocycles. The first-order valence-electron chi connectivity index (χ1n) is 26.0. The molecule has 428 valence electrons. The third-order valence-corrected chi connectivity index (χ3v) is 19.4. The van der Waals surface area contributed by atoms with Crippen molar-refractivity contribution < 1.29 is 67.7 Å². The standard InChI is InChI=1S/C34H19N4O3P.C34H23O11P/c1-37-31-17-15-27(20-32(31)38-2)40-28-16-18-33(41-26-14-13-24(22-35)25(19-26)23-36)34(21-28)42(39,29-9-5-3-6-10-29)30-11-7-4-8-12-30;35-31(36)25-14-11-20(17-27(25)33(39)40)44-22-13-16-29(45-21-12-15-26(32(37)38)28(18-21)34(41)42)30(19-22)46(43,23-7-3-1-4-8-23)24-9-5-2-6-10-24/h3-21H;1-19H,(H,35,36)(H,37,38)(H,39,40)(H,41,42). The van der Waals surface area contributed by atoms with Crippen LogP contribution in [0.4, 0.5) is 11.4 Å². The van der Waals surface area contributed by atoms with Gasteiger partial charge in [0.25, 0.3) is 0 Å². The lowest BCUT2D eigenvalue weighted by Gasteiger charge is -2.23. The van der Waals surface area contributed by atoms with Gasteiger partial charge in [-0.2, -0.15) is 10.5 Å². The van der Waals surface area contributed by atoms with Crippen LogP contribution in [0, 0.1) is 35.8 Å². The first-order valence-corrected chi connectivity index (χ1v) is 29.4. The highest BCUT2D eigenvalue weighted by Crippen LogP contribution is 2.49. The molecule has 10 rings (SSSR count). The van der Waals surface area contributed by atoms with Crippen molar-refractivity contribution in [3.63, 3.8) is 0 Å². The molecule has 4 N–H and O–H groups in total. The molecule has 0 amide bonds. The van der Waals surface area contributed by atoms with E-state index in [1.54, 1.807) is 115 Å². The van der Waals surface area contributed by atoms with E-state index in [1.165, 1.54) is 54.6 Å². The number of hydrogen-bond donors (Lipinski definition) is 4. The average Bonchev–Trinajstić information content (AvgIpc) is 1.05. The summed E-state index contributed by atoms with van der Waals surface area (Å²) in [7, 11) is -7.33. The number of ether oxygens (including phenoxy) is 4. The molecule has 0 bridgehead atoms. The van der Waals surface area contributed by atoms with Crippen LogP contribution in [-0.4, -0.2) is 44.3 Å². The zero-order valence-corrected chi connectivity index (χ0v) is 47.3. The molecular formula is C68H42N4O14P2. The lowest BCUT2D eigenvalue weighted by molar-refractivity contribution is 0.0651. The van der Waals surface area contributed by atoms with Gasteiger partial charge in [-0.15, -0.1) is 0 Å². The van der Waals surface area contributed by atoms with Crippen LogP contribution in [0.25, 0.3) is 9.69 Å². The minimum Gasteiger partial charge on any atom is -0.478 e. The Morgan fingerprint density at radius 1 is 0.352 bits per heavy atom. The van der Waals surface area contributed by atoms with Gasteiger partial charge >= 0.3 is 23.9 Å². The van der Waals surface area contributed by atoms with E-state index < -0.39 is 60.4 Å². The first-order chi connectivity index (χ1) is 42.5. The largest absolute Gasteiger partial charge is 0.478 e. The Hall–Kier alpha value is -12.3. The predicted molar refractivity (Wildman–Crippen MR) is 328 cm³/mol. The molecule has 10 aromatic carbocycles. The number of benzene rings is 10. The van der Waals surface area contributed by atoms with Gasteiger partial charge < -0.3 is 48.5 Å². The van der Waals surface area contributed by atoms with Crippen LogP contribution in [-0.2, 0) is 9.13 Å². The van der Waals surface area contributed by atoms with E-state index in [0.29, 0.717) is 43.8 Å². The van der Waals surface area contributed by atoms with E-state index in [2.05, 4.69) is 9.69 Å². The number of carboxylic acid groups (broad SMARTS) is 4. The molecule has 0 unspecified atom stereocenters. The Morgan fingerprint density at radius 2 is 0.670 bits per heavy atom. The highest BCUT2D eigenvalue weighted by molar-refractivity contribution is 7.86. The van der Waals surface area contributed by atoms with Gasteiger partial charge in [-0.25, -0.2) is 24.0 Å². The number of rotatable bonds is 18. The molecule has 0 aliphatic carbocycles. The molecule has 18 nitrogen and oxygen atoms in total.